The van der Waals surface area contributed by atoms with Gasteiger partial charge < -0.3 is 4.43 Å². The summed E-state index contributed by atoms with van der Waals surface area (Å²) in [7, 11) is -1.83. The van der Waals surface area contributed by atoms with Crippen LogP contribution in [0.1, 0.15) is 40.1 Å². The summed E-state index contributed by atoms with van der Waals surface area (Å²) >= 11 is 1.59. The fourth-order valence-corrected chi connectivity index (χ4v) is 5.84. The summed E-state index contributed by atoms with van der Waals surface area (Å²) in [6.07, 6.45) is 0. The van der Waals surface area contributed by atoms with E-state index in [1.54, 1.807) is 11.8 Å². The predicted octanol–water partition coefficient (Wildman–Crippen LogP) is 6.88. The van der Waals surface area contributed by atoms with Gasteiger partial charge in [0.05, 0.1) is 0 Å². The van der Waals surface area contributed by atoms with Crippen LogP contribution in [0.5, 0.6) is 0 Å². The fourth-order valence-electron chi connectivity index (χ4n) is 3.40. The first-order valence-electron chi connectivity index (χ1n) is 10.3. The van der Waals surface area contributed by atoms with Crippen molar-refractivity contribution in [1.29, 1.82) is 0 Å². The molecule has 0 aliphatic rings. The highest BCUT2D eigenvalue weighted by Gasteiger charge is 2.34. The van der Waals surface area contributed by atoms with Crippen molar-refractivity contribution < 1.29 is 14.0 Å². The van der Waals surface area contributed by atoms with Crippen LogP contribution in [0.3, 0.4) is 0 Å². The van der Waals surface area contributed by atoms with Crippen molar-refractivity contribution in [1.82, 2.24) is 0 Å². The van der Waals surface area contributed by atoms with E-state index in [4.69, 9.17) is 4.43 Å². The largest absolute Gasteiger partial charge is 0.405 e. The number of hydrogen-bond donors (Lipinski definition) is 0. The van der Waals surface area contributed by atoms with E-state index in [0.29, 0.717) is 16.7 Å². The number of carbonyl (C=O) groups is 2. The van der Waals surface area contributed by atoms with Crippen molar-refractivity contribution >= 4 is 31.6 Å². The minimum atomic E-state index is -1.83. The van der Waals surface area contributed by atoms with Gasteiger partial charge in [-0.05, 0) is 69.9 Å². The van der Waals surface area contributed by atoms with Gasteiger partial charge in [0, 0.05) is 26.5 Å². The van der Waals surface area contributed by atoms with Crippen LogP contribution in [-0.2, 0) is 4.43 Å². The normalized spacial score (nSPS) is 11.9. The molecule has 0 radical (unpaired) electrons. The summed E-state index contributed by atoms with van der Waals surface area (Å²) in [5.74, 6) is 0.0124. The number of Topliss-reactive ketones (excluding diaryl/α,β-unsaturated/α-hetero) is 1. The van der Waals surface area contributed by atoms with Crippen molar-refractivity contribution in [2.75, 3.05) is 0 Å². The van der Waals surface area contributed by atoms with Gasteiger partial charge in [0.2, 0.25) is 0 Å². The second-order valence-electron chi connectivity index (χ2n) is 8.90. The predicted molar refractivity (Wildman–Crippen MR) is 130 cm³/mol. The molecule has 0 aliphatic heterocycles. The molecule has 0 saturated carbocycles. The average molecular weight is 449 g/mol. The lowest BCUT2D eigenvalue weighted by molar-refractivity contribution is 0.0558. The van der Waals surface area contributed by atoms with Crippen LogP contribution >= 0.6 is 11.8 Å². The smallest absolute Gasteiger partial charge is 0.193 e. The van der Waals surface area contributed by atoms with Gasteiger partial charge in [-0.25, -0.2) is 0 Å². The minimum absolute atomic E-state index is 0.00440. The van der Waals surface area contributed by atoms with Crippen LogP contribution in [0.15, 0.2) is 88.7 Å². The zero-order chi connectivity index (χ0) is 22.6. The second-order valence-corrected chi connectivity index (χ2v) is 14.5. The zero-order valence-corrected chi connectivity index (χ0v) is 20.5. The molecule has 3 aromatic rings. The Balaban J connectivity index is 1.67. The molecule has 0 saturated heterocycles. The third-order valence-corrected chi connectivity index (χ3v) is 6.75. The summed E-state index contributed by atoms with van der Waals surface area (Å²) in [6, 6.07) is 24.5. The summed E-state index contributed by atoms with van der Waals surface area (Å²) in [4.78, 5) is 27.5. The molecular formula is C26H28O3SSi. The average Bonchev–Trinajstić information content (AvgIpc) is 2.73. The second kappa shape index (κ2) is 9.35. The van der Waals surface area contributed by atoms with Crippen LogP contribution in [0.2, 0.25) is 19.6 Å². The van der Waals surface area contributed by atoms with Crippen LogP contribution in [-0.4, -0.2) is 25.5 Å². The lowest BCUT2D eigenvalue weighted by Crippen LogP contribution is -2.44. The van der Waals surface area contributed by atoms with Crippen LogP contribution in [0.25, 0.3) is 0 Å². The molecule has 0 N–H and O–H groups in total. The minimum Gasteiger partial charge on any atom is -0.405 e. The van der Waals surface area contributed by atoms with Crippen molar-refractivity contribution in [3.8, 4) is 0 Å². The van der Waals surface area contributed by atoms with Crippen molar-refractivity contribution in [2.24, 2.45) is 0 Å². The molecule has 0 bridgehead atoms. The van der Waals surface area contributed by atoms with Crippen LogP contribution in [0, 0.1) is 0 Å². The molecule has 0 aromatic heterocycles. The molecule has 0 fully saturated rings. The maximum absolute atomic E-state index is 12.9. The molecular weight excluding hydrogens is 420 g/mol. The molecule has 0 amide bonds. The molecule has 0 spiro atoms. The van der Waals surface area contributed by atoms with Gasteiger partial charge in [0.1, 0.15) is 5.60 Å². The van der Waals surface area contributed by atoms with E-state index in [-0.39, 0.29) is 11.6 Å². The molecule has 3 rings (SSSR count). The maximum Gasteiger partial charge on any atom is 0.193 e. The van der Waals surface area contributed by atoms with Gasteiger partial charge in [0.15, 0.2) is 19.9 Å². The van der Waals surface area contributed by atoms with E-state index in [9.17, 15) is 9.59 Å². The van der Waals surface area contributed by atoms with Gasteiger partial charge in [-0.1, -0.05) is 54.2 Å². The molecule has 0 atom stereocenters. The summed E-state index contributed by atoms with van der Waals surface area (Å²) in [5.41, 5.74) is 1.17. The Kier molecular flexibility index (Phi) is 6.99. The first-order valence-corrected chi connectivity index (χ1v) is 14.5. The Morgan fingerprint density at radius 2 is 1.16 bits per heavy atom. The SMILES string of the molecule is CC(C)(O[Si](C)(C)C)C(=O)c1ccc(Sc2ccc(C(=O)c3ccccc3)cc2)cc1. The zero-order valence-electron chi connectivity index (χ0n) is 18.6. The van der Waals surface area contributed by atoms with E-state index in [1.165, 1.54) is 0 Å². The highest BCUT2D eigenvalue weighted by atomic mass is 32.2. The first-order chi connectivity index (χ1) is 14.5. The molecule has 0 aliphatic carbocycles. The molecule has 5 heteroatoms. The number of ketones is 2. The molecule has 0 unspecified atom stereocenters. The van der Waals surface area contributed by atoms with E-state index >= 15 is 0 Å². The first kappa shape index (κ1) is 23.2. The monoisotopic (exact) mass is 448 g/mol. The van der Waals surface area contributed by atoms with E-state index in [2.05, 4.69) is 19.6 Å². The van der Waals surface area contributed by atoms with Gasteiger partial charge in [-0.2, -0.15) is 0 Å². The Bertz CT molecular complexity index is 1050. The highest BCUT2D eigenvalue weighted by Crippen LogP contribution is 2.29. The quantitative estimate of drug-likeness (QED) is 0.278. The standard InChI is InChI=1S/C26H28O3SSi/c1-26(2,29-31(3,4)5)25(28)21-13-17-23(18-14-21)30-22-15-11-20(12-16-22)24(27)19-9-7-6-8-10-19/h6-18H,1-5H3. The van der Waals surface area contributed by atoms with Gasteiger partial charge in [-0.3, -0.25) is 9.59 Å². The maximum atomic E-state index is 12.9. The number of carbonyl (C=O) groups excluding carboxylic acids is 2. The lowest BCUT2D eigenvalue weighted by atomic mass is 9.97. The van der Waals surface area contributed by atoms with Crippen LogP contribution < -0.4 is 0 Å². The van der Waals surface area contributed by atoms with Gasteiger partial charge in [-0.15, -0.1) is 0 Å². The summed E-state index contributed by atoms with van der Waals surface area (Å²) < 4.78 is 6.09. The van der Waals surface area contributed by atoms with Gasteiger partial charge >= 0.3 is 0 Å². The topological polar surface area (TPSA) is 43.4 Å². The van der Waals surface area contributed by atoms with E-state index in [0.717, 1.165) is 9.79 Å². The third-order valence-electron chi connectivity index (χ3n) is 4.61. The molecule has 0 heterocycles. The van der Waals surface area contributed by atoms with Crippen molar-refractivity contribution in [3.05, 3.63) is 95.6 Å². The molecule has 3 aromatic carbocycles. The molecule has 3 nitrogen and oxygen atoms in total. The summed E-state index contributed by atoms with van der Waals surface area (Å²) in [6.45, 7) is 9.93. The highest BCUT2D eigenvalue weighted by molar-refractivity contribution is 7.99. The number of rotatable bonds is 8. The lowest BCUT2D eigenvalue weighted by Gasteiger charge is -2.31. The Hall–Kier alpha value is -2.47. The molecule has 31 heavy (non-hydrogen) atoms. The third kappa shape index (κ3) is 6.26. The van der Waals surface area contributed by atoms with Crippen LogP contribution in [0.4, 0.5) is 0 Å². The number of benzene rings is 3. The number of hydrogen-bond acceptors (Lipinski definition) is 4. The van der Waals surface area contributed by atoms with E-state index in [1.807, 2.05) is 92.7 Å². The van der Waals surface area contributed by atoms with Crippen molar-refractivity contribution in [2.45, 2.75) is 48.9 Å². The Labute approximate surface area is 190 Å². The Morgan fingerprint density at radius 1 is 0.710 bits per heavy atom. The van der Waals surface area contributed by atoms with Crippen molar-refractivity contribution in [3.63, 3.8) is 0 Å². The fraction of sp³-hybridized carbons (Fsp3) is 0.231. The van der Waals surface area contributed by atoms with E-state index < -0.39 is 13.9 Å². The Morgan fingerprint density at radius 3 is 1.65 bits per heavy atom. The summed E-state index contributed by atoms with van der Waals surface area (Å²) in [5, 5.41) is 0. The van der Waals surface area contributed by atoms with Gasteiger partial charge in [0.25, 0.3) is 0 Å². The molecule has 160 valence electrons.